The van der Waals surface area contributed by atoms with Crippen molar-refractivity contribution in [3.8, 4) is 0 Å². The van der Waals surface area contributed by atoms with Gasteiger partial charge in [0.1, 0.15) is 0 Å². The molecular formula is C19H26N4O2S. The van der Waals surface area contributed by atoms with Crippen LogP contribution in [-0.4, -0.2) is 39.6 Å². The maximum Gasteiger partial charge on any atom is 0.223 e. The van der Waals surface area contributed by atoms with Crippen LogP contribution in [0.15, 0.2) is 29.8 Å². The van der Waals surface area contributed by atoms with Crippen molar-refractivity contribution in [2.45, 2.75) is 45.7 Å². The van der Waals surface area contributed by atoms with Gasteiger partial charge in [0.2, 0.25) is 11.8 Å². The van der Waals surface area contributed by atoms with E-state index in [2.05, 4.69) is 16.5 Å². The highest BCUT2D eigenvalue weighted by Gasteiger charge is 2.29. The van der Waals surface area contributed by atoms with Crippen molar-refractivity contribution in [1.29, 1.82) is 0 Å². The summed E-state index contributed by atoms with van der Waals surface area (Å²) in [6.07, 6.45) is 3.46. The van der Waals surface area contributed by atoms with Crippen molar-refractivity contribution >= 4 is 23.2 Å². The Labute approximate surface area is 158 Å². The molecule has 2 amide bonds. The van der Waals surface area contributed by atoms with Gasteiger partial charge in [-0.3, -0.25) is 14.3 Å². The molecule has 3 rings (SSSR count). The Balaban J connectivity index is 1.57. The number of fused-ring (bicyclic) bond motifs is 1. The zero-order chi connectivity index (χ0) is 18.5. The van der Waals surface area contributed by atoms with Gasteiger partial charge in [0.05, 0.1) is 24.7 Å². The second-order valence-corrected chi connectivity index (χ2v) is 8.21. The molecule has 1 N–H and O–H groups in total. The van der Waals surface area contributed by atoms with E-state index in [4.69, 9.17) is 0 Å². The number of nitrogens with zero attached hydrogens (tertiary/aromatic N) is 3. The van der Waals surface area contributed by atoms with Crippen molar-refractivity contribution in [1.82, 2.24) is 20.0 Å². The zero-order valence-electron chi connectivity index (χ0n) is 15.4. The van der Waals surface area contributed by atoms with Crippen LogP contribution in [0.4, 0.5) is 0 Å². The second kappa shape index (κ2) is 8.49. The smallest absolute Gasteiger partial charge is 0.223 e. The van der Waals surface area contributed by atoms with Crippen LogP contribution in [0.1, 0.15) is 43.3 Å². The van der Waals surface area contributed by atoms with E-state index in [0.717, 1.165) is 12.1 Å². The second-order valence-electron chi connectivity index (χ2n) is 7.18. The van der Waals surface area contributed by atoms with Crippen LogP contribution in [0, 0.1) is 5.92 Å². The predicted octanol–water partition coefficient (Wildman–Crippen LogP) is 2.62. The summed E-state index contributed by atoms with van der Waals surface area (Å²) in [6.45, 7) is 5.84. The molecule has 3 heterocycles. The minimum absolute atomic E-state index is 0.00571. The predicted molar refractivity (Wildman–Crippen MR) is 102 cm³/mol. The number of hydrogen-bond donors (Lipinski definition) is 1. The van der Waals surface area contributed by atoms with E-state index in [-0.39, 0.29) is 17.9 Å². The van der Waals surface area contributed by atoms with Crippen LogP contribution >= 0.6 is 11.3 Å². The maximum absolute atomic E-state index is 12.5. The Morgan fingerprint density at radius 3 is 2.96 bits per heavy atom. The van der Waals surface area contributed by atoms with Crippen molar-refractivity contribution in [3.05, 3.63) is 40.3 Å². The summed E-state index contributed by atoms with van der Waals surface area (Å²) in [5, 5.41) is 9.40. The van der Waals surface area contributed by atoms with Gasteiger partial charge in [0.15, 0.2) is 0 Å². The van der Waals surface area contributed by atoms with E-state index < -0.39 is 0 Å². The van der Waals surface area contributed by atoms with Crippen LogP contribution in [-0.2, 0) is 22.6 Å². The minimum Gasteiger partial charge on any atom is -0.356 e. The van der Waals surface area contributed by atoms with Crippen molar-refractivity contribution in [2.75, 3.05) is 13.1 Å². The van der Waals surface area contributed by atoms with Gasteiger partial charge in [-0.1, -0.05) is 19.9 Å². The molecule has 1 aliphatic rings. The molecule has 26 heavy (non-hydrogen) atoms. The van der Waals surface area contributed by atoms with Gasteiger partial charge in [-0.15, -0.1) is 11.3 Å². The Morgan fingerprint density at radius 2 is 2.23 bits per heavy atom. The molecular weight excluding hydrogens is 348 g/mol. The van der Waals surface area contributed by atoms with E-state index in [1.807, 2.05) is 40.9 Å². The highest BCUT2D eigenvalue weighted by molar-refractivity contribution is 7.09. The number of amides is 2. The lowest BCUT2D eigenvalue weighted by Gasteiger charge is -2.34. The number of nitrogens with one attached hydrogen (secondary N) is 1. The highest BCUT2D eigenvalue weighted by atomic mass is 32.1. The molecule has 7 heteroatoms. The summed E-state index contributed by atoms with van der Waals surface area (Å²) in [5.74, 6) is 0.482. The van der Waals surface area contributed by atoms with E-state index in [1.54, 1.807) is 17.5 Å². The number of rotatable bonds is 7. The Kier molecular flexibility index (Phi) is 6.08. The third-order valence-electron chi connectivity index (χ3n) is 4.51. The van der Waals surface area contributed by atoms with Crippen LogP contribution in [0.2, 0.25) is 0 Å². The molecule has 0 unspecified atom stereocenters. The molecule has 0 fully saturated rings. The van der Waals surface area contributed by atoms with Crippen molar-refractivity contribution in [2.24, 2.45) is 5.92 Å². The third kappa shape index (κ3) is 4.72. The number of aromatic nitrogens is 2. The largest absolute Gasteiger partial charge is 0.356 e. The fourth-order valence-electron chi connectivity index (χ4n) is 3.27. The van der Waals surface area contributed by atoms with Crippen molar-refractivity contribution < 1.29 is 9.59 Å². The molecule has 1 aliphatic heterocycles. The Bertz CT molecular complexity index is 739. The van der Waals surface area contributed by atoms with Gasteiger partial charge in [0, 0.05) is 30.6 Å². The normalized spacial score (nSPS) is 16.6. The lowest BCUT2D eigenvalue weighted by Crippen LogP contribution is -2.43. The summed E-state index contributed by atoms with van der Waals surface area (Å²) in [7, 11) is 0. The molecule has 0 aliphatic carbocycles. The molecule has 2 aromatic rings. The molecule has 0 bridgehead atoms. The lowest BCUT2D eigenvalue weighted by atomic mass is 10.1. The van der Waals surface area contributed by atoms with Crippen LogP contribution in [0.3, 0.4) is 0 Å². The maximum atomic E-state index is 12.5. The van der Waals surface area contributed by atoms with Gasteiger partial charge >= 0.3 is 0 Å². The topological polar surface area (TPSA) is 67.2 Å². The highest BCUT2D eigenvalue weighted by Crippen LogP contribution is 2.24. The monoisotopic (exact) mass is 374 g/mol. The average molecular weight is 375 g/mol. The first-order valence-corrected chi connectivity index (χ1v) is 10.00. The van der Waals surface area contributed by atoms with E-state index in [1.165, 1.54) is 4.88 Å². The first-order chi connectivity index (χ1) is 12.5. The zero-order valence-corrected chi connectivity index (χ0v) is 16.2. The van der Waals surface area contributed by atoms with E-state index >= 15 is 0 Å². The van der Waals surface area contributed by atoms with Crippen LogP contribution in [0.25, 0.3) is 0 Å². The fraction of sp³-hybridized carbons (Fsp3) is 0.526. The first-order valence-electron chi connectivity index (χ1n) is 9.12. The van der Waals surface area contributed by atoms with Crippen LogP contribution < -0.4 is 5.32 Å². The standard InChI is InChI=1S/C19H26N4O2S/c1-14(2)10-19(25)22-12-15-5-8-21-23(15)16(13-22)11-18(24)20-7-6-17-4-3-9-26-17/h3-5,8-9,14,16H,6-7,10-13H2,1-2H3,(H,20,24)/t16-/m0/s1. The van der Waals surface area contributed by atoms with Gasteiger partial charge in [-0.05, 0) is 29.9 Å². The fourth-order valence-corrected chi connectivity index (χ4v) is 3.98. The summed E-state index contributed by atoms with van der Waals surface area (Å²) in [4.78, 5) is 28.0. The number of carbonyl (C=O) groups is 2. The van der Waals surface area contributed by atoms with Crippen molar-refractivity contribution in [3.63, 3.8) is 0 Å². The van der Waals surface area contributed by atoms with Gasteiger partial charge in [-0.25, -0.2) is 0 Å². The number of carbonyl (C=O) groups excluding carboxylic acids is 2. The van der Waals surface area contributed by atoms with Crippen LogP contribution in [0.5, 0.6) is 0 Å². The Morgan fingerprint density at radius 1 is 1.38 bits per heavy atom. The first kappa shape index (κ1) is 18.6. The van der Waals surface area contributed by atoms with E-state index in [9.17, 15) is 9.59 Å². The molecule has 1 atom stereocenters. The molecule has 2 aromatic heterocycles. The van der Waals surface area contributed by atoms with E-state index in [0.29, 0.717) is 38.4 Å². The van der Waals surface area contributed by atoms with Gasteiger partial charge in [-0.2, -0.15) is 5.10 Å². The lowest BCUT2D eigenvalue weighted by molar-refractivity contribution is -0.135. The molecule has 6 nitrogen and oxygen atoms in total. The number of hydrogen-bond acceptors (Lipinski definition) is 4. The summed E-state index contributed by atoms with van der Waals surface area (Å²) in [6, 6.07) is 5.92. The SMILES string of the molecule is CC(C)CC(=O)N1Cc2ccnn2[C@@H](CC(=O)NCCc2cccs2)C1. The van der Waals surface area contributed by atoms with Gasteiger partial charge in [0.25, 0.3) is 0 Å². The number of thiophene rings is 1. The molecule has 0 spiro atoms. The summed E-state index contributed by atoms with van der Waals surface area (Å²) in [5.41, 5.74) is 0.991. The molecule has 0 saturated heterocycles. The molecule has 0 saturated carbocycles. The summed E-state index contributed by atoms with van der Waals surface area (Å²) < 4.78 is 1.90. The molecule has 0 radical (unpaired) electrons. The minimum atomic E-state index is -0.105. The molecule has 140 valence electrons. The quantitative estimate of drug-likeness (QED) is 0.810. The Hall–Kier alpha value is -2.15. The van der Waals surface area contributed by atoms with Gasteiger partial charge < -0.3 is 10.2 Å². The third-order valence-corrected chi connectivity index (χ3v) is 5.45. The summed E-state index contributed by atoms with van der Waals surface area (Å²) >= 11 is 1.70. The average Bonchev–Trinajstić information content (AvgIpc) is 3.25. The molecule has 0 aromatic carbocycles.